The molecule has 14 heavy (non-hydrogen) atoms. The van der Waals surface area contributed by atoms with Gasteiger partial charge in [0.15, 0.2) is 0 Å². The molecule has 0 saturated heterocycles. The molecule has 0 aliphatic rings. The average molecular weight is 206 g/mol. The summed E-state index contributed by atoms with van der Waals surface area (Å²) in [4.78, 5) is 0. The second-order valence-corrected chi connectivity index (χ2v) is 2.56. The Morgan fingerprint density at radius 3 is 2.36 bits per heavy atom. The lowest BCUT2D eigenvalue weighted by Gasteiger charge is -2.10. The zero-order valence-electron chi connectivity index (χ0n) is 8.03. The van der Waals surface area contributed by atoms with Crippen LogP contribution in [0.25, 0.3) is 0 Å². The van der Waals surface area contributed by atoms with Gasteiger partial charge in [-0.1, -0.05) is 12.7 Å². The monoisotopic (exact) mass is 206 g/mol. The van der Waals surface area contributed by atoms with Gasteiger partial charge in [0.2, 0.25) is 0 Å². The maximum atomic E-state index is 12.3. The molecule has 0 heterocycles. The van der Waals surface area contributed by atoms with Gasteiger partial charge < -0.3 is 4.74 Å². The summed E-state index contributed by atoms with van der Waals surface area (Å²) in [5.74, 6) is 0.0154. The third-order valence-electron chi connectivity index (χ3n) is 1.39. The topological polar surface area (TPSA) is 9.23 Å². The highest BCUT2D eigenvalue weighted by Crippen LogP contribution is 2.29. The van der Waals surface area contributed by atoms with Crippen LogP contribution in [-0.2, 0) is 4.74 Å². The van der Waals surface area contributed by atoms with Crippen molar-refractivity contribution >= 4 is 0 Å². The molecule has 0 aliphatic carbocycles. The third-order valence-corrected chi connectivity index (χ3v) is 1.39. The molecule has 80 valence electrons. The van der Waals surface area contributed by atoms with Gasteiger partial charge in [0, 0.05) is 5.57 Å². The van der Waals surface area contributed by atoms with Crippen LogP contribution < -0.4 is 0 Å². The summed E-state index contributed by atoms with van der Waals surface area (Å²) in [6, 6.07) is 0. The number of alkyl halides is 3. The average Bonchev–Trinajstić information content (AvgIpc) is 2.02. The first kappa shape index (κ1) is 12.8. The number of rotatable bonds is 5. The van der Waals surface area contributed by atoms with E-state index in [4.69, 9.17) is 4.74 Å². The minimum absolute atomic E-state index is 0.0154. The predicted octanol–water partition coefficient (Wildman–Crippen LogP) is 3.60. The van der Waals surface area contributed by atoms with Crippen LogP contribution >= 0.6 is 0 Å². The van der Waals surface area contributed by atoms with Crippen LogP contribution in [0.2, 0.25) is 0 Å². The van der Waals surface area contributed by atoms with Crippen molar-refractivity contribution in [2.24, 2.45) is 0 Å². The number of hydrogen-bond donors (Lipinski definition) is 0. The van der Waals surface area contributed by atoms with Crippen molar-refractivity contribution in [1.29, 1.82) is 0 Å². The van der Waals surface area contributed by atoms with Gasteiger partial charge in [-0.25, -0.2) is 0 Å². The summed E-state index contributed by atoms with van der Waals surface area (Å²) in [6.07, 6.45) is -2.51. The van der Waals surface area contributed by atoms with E-state index in [2.05, 4.69) is 13.2 Å². The Kier molecular flexibility index (Phi) is 5.05. The zero-order valence-corrected chi connectivity index (χ0v) is 8.03. The van der Waals surface area contributed by atoms with Crippen molar-refractivity contribution in [3.05, 3.63) is 36.6 Å². The van der Waals surface area contributed by atoms with Crippen molar-refractivity contribution in [3.63, 3.8) is 0 Å². The van der Waals surface area contributed by atoms with Crippen molar-refractivity contribution in [3.8, 4) is 0 Å². The predicted molar refractivity (Wildman–Crippen MR) is 49.7 cm³/mol. The number of hydrogen-bond acceptors (Lipinski definition) is 1. The van der Waals surface area contributed by atoms with Gasteiger partial charge in [-0.3, -0.25) is 0 Å². The van der Waals surface area contributed by atoms with E-state index >= 15 is 0 Å². The van der Waals surface area contributed by atoms with E-state index in [1.54, 1.807) is 6.92 Å². The lowest BCUT2D eigenvalue weighted by molar-refractivity contribution is -0.0931. The van der Waals surface area contributed by atoms with Gasteiger partial charge >= 0.3 is 6.18 Å². The fraction of sp³-hybridized carbons (Fsp3) is 0.400. The molecular formula is C10H13F3O. The molecule has 0 unspecified atom stereocenters. The molecule has 0 spiro atoms. The normalized spacial score (nSPS) is 12.4. The summed E-state index contributed by atoms with van der Waals surface area (Å²) < 4.78 is 41.7. The van der Waals surface area contributed by atoms with Crippen molar-refractivity contribution in [1.82, 2.24) is 0 Å². The number of ether oxygens (including phenoxy) is 1. The van der Waals surface area contributed by atoms with E-state index in [1.165, 1.54) is 6.08 Å². The molecule has 0 aromatic rings. The molecule has 0 fully saturated rings. The van der Waals surface area contributed by atoms with Crippen molar-refractivity contribution in [2.75, 3.05) is 6.61 Å². The Labute approximate surface area is 81.6 Å². The van der Waals surface area contributed by atoms with Crippen LogP contribution in [0.4, 0.5) is 13.2 Å². The second-order valence-electron chi connectivity index (χ2n) is 2.56. The van der Waals surface area contributed by atoms with Crippen LogP contribution in [0.15, 0.2) is 36.6 Å². The number of allylic oxidation sites excluding steroid dienone is 3. The molecule has 4 heteroatoms. The summed E-state index contributed by atoms with van der Waals surface area (Å²) >= 11 is 0. The van der Waals surface area contributed by atoms with E-state index in [-0.39, 0.29) is 12.2 Å². The molecule has 0 aromatic carbocycles. The van der Waals surface area contributed by atoms with E-state index in [0.29, 0.717) is 6.61 Å². The minimum atomic E-state index is -4.35. The van der Waals surface area contributed by atoms with E-state index in [1.807, 2.05) is 0 Å². The van der Waals surface area contributed by atoms with Crippen LogP contribution in [0.1, 0.15) is 13.3 Å². The first-order chi connectivity index (χ1) is 6.41. The molecule has 1 nitrogen and oxygen atoms in total. The molecule has 0 atom stereocenters. The van der Waals surface area contributed by atoms with Crippen LogP contribution in [-0.4, -0.2) is 12.8 Å². The van der Waals surface area contributed by atoms with Gasteiger partial charge in [-0.15, -0.1) is 6.58 Å². The van der Waals surface area contributed by atoms with Gasteiger partial charge in [0.1, 0.15) is 5.76 Å². The highest BCUT2D eigenvalue weighted by molar-refractivity contribution is 5.21. The molecule has 0 amide bonds. The van der Waals surface area contributed by atoms with Gasteiger partial charge in [0.25, 0.3) is 0 Å². The largest absolute Gasteiger partial charge is 0.495 e. The SMILES string of the molecule is C=CC/C(=C\C(=C)OCC)C(F)(F)F. The third kappa shape index (κ3) is 4.74. The van der Waals surface area contributed by atoms with Gasteiger partial charge in [-0.05, 0) is 19.4 Å². The lowest BCUT2D eigenvalue weighted by atomic mass is 10.1. The molecule has 0 rings (SSSR count). The highest BCUT2D eigenvalue weighted by Gasteiger charge is 2.32. The molecule has 0 radical (unpaired) electrons. The molecular weight excluding hydrogens is 193 g/mol. The van der Waals surface area contributed by atoms with Crippen LogP contribution in [0, 0.1) is 0 Å². The Bertz CT molecular complexity index is 238. The minimum Gasteiger partial charge on any atom is -0.495 e. The Hall–Kier alpha value is -1.19. The highest BCUT2D eigenvalue weighted by atomic mass is 19.4. The summed E-state index contributed by atoms with van der Waals surface area (Å²) in [5, 5.41) is 0. The van der Waals surface area contributed by atoms with E-state index < -0.39 is 11.7 Å². The second kappa shape index (κ2) is 5.52. The van der Waals surface area contributed by atoms with E-state index in [0.717, 1.165) is 6.08 Å². The Balaban J connectivity index is 4.64. The smallest absolute Gasteiger partial charge is 0.413 e. The van der Waals surface area contributed by atoms with Crippen molar-refractivity contribution < 1.29 is 17.9 Å². The standard InChI is InChI=1S/C10H13F3O/c1-4-6-9(10(11,12)13)7-8(3)14-5-2/h4,7H,1,3,5-6H2,2H3/b9-7+. The molecule has 0 aromatic heterocycles. The quantitative estimate of drug-likeness (QED) is 0.379. The molecule has 0 N–H and O–H groups in total. The maximum Gasteiger partial charge on any atom is 0.413 e. The first-order valence-corrected chi connectivity index (χ1v) is 4.12. The molecule has 0 bridgehead atoms. The molecule has 0 saturated carbocycles. The Morgan fingerprint density at radius 2 is 2.00 bits per heavy atom. The van der Waals surface area contributed by atoms with Gasteiger partial charge in [-0.2, -0.15) is 13.2 Å². The van der Waals surface area contributed by atoms with Gasteiger partial charge in [0.05, 0.1) is 6.61 Å². The van der Waals surface area contributed by atoms with Crippen LogP contribution in [0.5, 0.6) is 0 Å². The lowest BCUT2D eigenvalue weighted by Crippen LogP contribution is -2.11. The summed E-state index contributed by atoms with van der Waals surface area (Å²) in [5.41, 5.74) is -0.703. The zero-order chi connectivity index (χ0) is 11.2. The van der Waals surface area contributed by atoms with Crippen molar-refractivity contribution in [2.45, 2.75) is 19.5 Å². The maximum absolute atomic E-state index is 12.3. The fourth-order valence-corrected chi connectivity index (χ4v) is 0.833. The summed E-state index contributed by atoms with van der Waals surface area (Å²) in [7, 11) is 0. The molecule has 0 aliphatic heterocycles. The summed E-state index contributed by atoms with van der Waals surface area (Å²) in [6.45, 7) is 8.58. The van der Waals surface area contributed by atoms with E-state index in [9.17, 15) is 13.2 Å². The number of halogens is 3. The Morgan fingerprint density at radius 1 is 1.43 bits per heavy atom. The first-order valence-electron chi connectivity index (χ1n) is 4.12. The van der Waals surface area contributed by atoms with Crippen LogP contribution in [0.3, 0.4) is 0 Å². The fourth-order valence-electron chi connectivity index (χ4n) is 0.833.